The maximum absolute atomic E-state index is 11.3. The zero-order valence-electron chi connectivity index (χ0n) is 10.5. The quantitative estimate of drug-likeness (QED) is 0.615. The van der Waals surface area contributed by atoms with Crippen molar-refractivity contribution in [3.63, 3.8) is 0 Å². The van der Waals surface area contributed by atoms with Gasteiger partial charge in [0.05, 0.1) is 4.92 Å². The first-order valence-electron chi connectivity index (χ1n) is 5.87. The number of anilines is 2. The van der Waals surface area contributed by atoms with E-state index in [4.69, 9.17) is 5.73 Å². The van der Waals surface area contributed by atoms with Crippen molar-refractivity contribution in [3.8, 4) is 0 Å². The van der Waals surface area contributed by atoms with Crippen LogP contribution >= 0.6 is 0 Å². The molecule has 2 rings (SSSR count). The summed E-state index contributed by atoms with van der Waals surface area (Å²) in [7, 11) is -0.773. The van der Waals surface area contributed by atoms with Crippen LogP contribution in [-0.2, 0) is 10.8 Å². The molecule has 1 aromatic heterocycles. The SMILES string of the molecule is Cc1nc(N)nc(NC2CCS(=O)CC2)c1[N+](=O)[O-]. The van der Waals surface area contributed by atoms with Gasteiger partial charge >= 0.3 is 5.69 Å². The van der Waals surface area contributed by atoms with E-state index in [0.29, 0.717) is 24.3 Å². The predicted octanol–water partition coefficient (Wildman–Crippen LogP) is 0.598. The van der Waals surface area contributed by atoms with Gasteiger partial charge in [-0.1, -0.05) is 0 Å². The third-order valence-electron chi connectivity index (χ3n) is 2.99. The number of aryl methyl sites for hydroxylation is 1. The Morgan fingerprint density at radius 2 is 2.05 bits per heavy atom. The molecule has 8 nitrogen and oxygen atoms in total. The summed E-state index contributed by atoms with van der Waals surface area (Å²) < 4.78 is 11.3. The highest BCUT2D eigenvalue weighted by Gasteiger charge is 2.25. The Hall–Kier alpha value is -1.77. The van der Waals surface area contributed by atoms with Crippen molar-refractivity contribution in [2.75, 3.05) is 22.6 Å². The Morgan fingerprint density at radius 3 is 2.63 bits per heavy atom. The summed E-state index contributed by atoms with van der Waals surface area (Å²) in [5, 5.41) is 14.1. The van der Waals surface area contributed by atoms with Gasteiger partial charge in [0.15, 0.2) is 0 Å². The van der Waals surface area contributed by atoms with Crippen molar-refractivity contribution >= 4 is 28.3 Å². The van der Waals surface area contributed by atoms with Crippen LogP contribution in [-0.4, -0.2) is 36.6 Å². The third-order valence-corrected chi connectivity index (χ3v) is 4.37. The lowest BCUT2D eigenvalue weighted by atomic mass is 10.1. The van der Waals surface area contributed by atoms with Crippen molar-refractivity contribution in [3.05, 3.63) is 15.8 Å². The number of nitrogens with one attached hydrogen (secondary N) is 1. The normalized spacial score (nSPS) is 23.0. The summed E-state index contributed by atoms with van der Waals surface area (Å²) >= 11 is 0. The molecule has 1 saturated heterocycles. The minimum Gasteiger partial charge on any atom is -0.368 e. The summed E-state index contributed by atoms with van der Waals surface area (Å²) in [5.74, 6) is 1.36. The van der Waals surface area contributed by atoms with E-state index < -0.39 is 15.7 Å². The molecule has 0 aliphatic carbocycles. The molecule has 0 radical (unpaired) electrons. The van der Waals surface area contributed by atoms with Crippen LogP contribution in [0.3, 0.4) is 0 Å². The maximum Gasteiger partial charge on any atom is 0.332 e. The maximum atomic E-state index is 11.3. The topological polar surface area (TPSA) is 124 Å². The lowest BCUT2D eigenvalue weighted by Gasteiger charge is -2.23. The minimum absolute atomic E-state index is 0.00462. The highest BCUT2D eigenvalue weighted by molar-refractivity contribution is 7.85. The molecule has 3 N–H and O–H groups in total. The monoisotopic (exact) mass is 285 g/mol. The molecular formula is C10H15N5O3S. The Morgan fingerprint density at radius 1 is 1.42 bits per heavy atom. The van der Waals surface area contributed by atoms with Crippen LogP contribution < -0.4 is 11.1 Å². The first-order chi connectivity index (χ1) is 8.97. The molecule has 0 amide bonds. The number of nitro groups is 1. The van der Waals surface area contributed by atoms with Gasteiger partial charge in [0.1, 0.15) is 5.69 Å². The summed E-state index contributed by atoms with van der Waals surface area (Å²) in [6.07, 6.45) is 1.40. The molecule has 9 heteroatoms. The van der Waals surface area contributed by atoms with E-state index in [0.717, 1.165) is 0 Å². The van der Waals surface area contributed by atoms with Gasteiger partial charge < -0.3 is 11.1 Å². The fourth-order valence-corrected chi connectivity index (χ4v) is 3.34. The molecule has 0 atom stereocenters. The zero-order valence-corrected chi connectivity index (χ0v) is 11.3. The molecule has 104 valence electrons. The van der Waals surface area contributed by atoms with Crippen molar-refractivity contribution < 1.29 is 9.13 Å². The van der Waals surface area contributed by atoms with E-state index in [9.17, 15) is 14.3 Å². The molecule has 0 unspecified atom stereocenters. The molecule has 1 fully saturated rings. The number of hydrogen-bond acceptors (Lipinski definition) is 7. The van der Waals surface area contributed by atoms with Gasteiger partial charge in [-0.15, -0.1) is 0 Å². The molecule has 19 heavy (non-hydrogen) atoms. The summed E-state index contributed by atoms with van der Waals surface area (Å²) in [4.78, 5) is 18.2. The minimum atomic E-state index is -0.773. The third kappa shape index (κ3) is 3.16. The van der Waals surface area contributed by atoms with Crippen molar-refractivity contribution in [1.29, 1.82) is 0 Å². The predicted molar refractivity (Wildman–Crippen MR) is 72.4 cm³/mol. The molecule has 0 saturated carbocycles. The Bertz CT molecular complexity index is 526. The first kappa shape index (κ1) is 13.7. The number of hydrogen-bond donors (Lipinski definition) is 2. The number of rotatable bonds is 3. The molecule has 0 aromatic carbocycles. The standard InChI is InChI=1S/C10H15N5O3S/c1-6-8(15(16)17)9(14-10(11)12-6)13-7-2-4-19(18)5-3-7/h7H,2-5H2,1H3,(H3,11,12,13,14). The van der Waals surface area contributed by atoms with Crippen LogP contribution in [0.1, 0.15) is 18.5 Å². The number of nitrogens with two attached hydrogens (primary N) is 1. The lowest BCUT2D eigenvalue weighted by molar-refractivity contribution is -0.385. The molecule has 0 bridgehead atoms. The smallest absolute Gasteiger partial charge is 0.332 e. The Balaban J connectivity index is 2.24. The lowest BCUT2D eigenvalue weighted by Crippen LogP contribution is -2.30. The molecule has 0 spiro atoms. The largest absolute Gasteiger partial charge is 0.368 e. The number of nitrogens with zero attached hydrogens (tertiary/aromatic N) is 3. The highest BCUT2D eigenvalue weighted by atomic mass is 32.2. The fourth-order valence-electron chi connectivity index (χ4n) is 2.04. The average molecular weight is 285 g/mol. The zero-order chi connectivity index (χ0) is 14.0. The van der Waals surface area contributed by atoms with E-state index in [1.54, 1.807) is 0 Å². The first-order valence-corrected chi connectivity index (χ1v) is 7.36. The van der Waals surface area contributed by atoms with E-state index in [2.05, 4.69) is 15.3 Å². The van der Waals surface area contributed by atoms with E-state index in [1.165, 1.54) is 6.92 Å². The van der Waals surface area contributed by atoms with Crippen molar-refractivity contribution in [1.82, 2.24) is 9.97 Å². The molecule has 1 aliphatic heterocycles. The second kappa shape index (κ2) is 5.47. The van der Waals surface area contributed by atoms with E-state index >= 15 is 0 Å². The van der Waals surface area contributed by atoms with Gasteiger partial charge in [-0.05, 0) is 19.8 Å². The highest BCUT2D eigenvalue weighted by Crippen LogP contribution is 2.27. The molecular weight excluding hydrogens is 270 g/mol. The van der Waals surface area contributed by atoms with Crippen molar-refractivity contribution in [2.24, 2.45) is 0 Å². The van der Waals surface area contributed by atoms with Gasteiger partial charge in [-0.25, -0.2) is 4.98 Å². The Kier molecular flexibility index (Phi) is 3.93. The second-order valence-electron chi connectivity index (χ2n) is 4.39. The van der Waals surface area contributed by atoms with Crippen LogP contribution in [0.5, 0.6) is 0 Å². The van der Waals surface area contributed by atoms with Gasteiger partial charge in [0.2, 0.25) is 11.8 Å². The van der Waals surface area contributed by atoms with Gasteiger partial charge in [0, 0.05) is 28.3 Å². The van der Waals surface area contributed by atoms with Gasteiger partial charge in [0.25, 0.3) is 0 Å². The van der Waals surface area contributed by atoms with Crippen LogP contribution in [0, 0.1) is 17.0 Å². The second-order valence-corrected chi connectivity index (χ2v) is 6.08. The summed E-state index contributed by atoms with van der Waals surface area (Å²) in [6, 6.07) is 0.0325. The van der Waals surface area contributed by atoms with Gasteiger partial charge in [-0.2, -0.15) is 4.98 Å². The molecule has 1 aliphatic rings. The van der Waals surface area contributed by atoms with Crippen LogP contribution in [0.15, 0.2) is 0 Å². The van der Waals surface area contributed by atoms with Crippen LogP contribution in [0.4, 0.5) is 17.5 Å². The van der Waals surface area contributed by atoms with Crippen LogP contribution in [0.25, 0.3) is 0 Å². The van der Waals surface area contributed by atoms with Crippen LogP contribution in [0.2, 0.25) is 0 Å². The number of nitrogen functional groups attached to an aromatic ring is 1. The fraction of sp³-hybridized carbons (Fsp3) is 0.600. The average Bonchev–Trinajstić information content (AvgIpc) is 2.30. The van der Waals surface area contributed by atoms with Gasteiger partial charge in [-0.3, -0.25) is 14.3 Å². The van der Waals surface area contributed by atoms with E-state index in [-0.39, 0.29) is 29.2 Å². The molecule has 2 heterocycles. The van der Waals surface area contributed by atoms with Crippen molar-refractivity contribution in [2.45, 2.75) is 25.8 Å². The van der Waals surface area contributed by atoms with E-state index in [1.807, 2.05) is 0 Å². The Labute approximate surface area is 112 Å². The number of aromatic nitrogens is 2. The molecule has 1 aromatic rings. The summed E-state index contributed by atoms with van der Waals surface area (Å²) in [5.41, 5.74) is 5.61. The summed E-state index contributed by atoms with van der Waals surface area (Å²) in [6.45, 7) is 1.53.